The smallest absolute Gasteiger partial charge is 0.412 e. The van der Waals surface area contributed by atoms with Gasteiger partial charge in [-0.1, -0.05) is 0 Å². The number of fused-ring (bicyclic) bond motifs is 1. The lowest BCUT2D eigenvalue weighted by molar-refractivity contribution is -0.0679. The molecule has 2 aliphatic rings. The summed E-state index contributed by atoms with van der Waals surface area (Å²) in [6.45, 7) is 1.41. The number of nitrogens with zero attached hydrogens (tertiary/aromatic N) is 3. The molecule has 3 heterocycles. The van der Waals surface area contributed by atoms with Crippen molar-refractivity contribution in [3.63, 3.8) is 0 Å². The van der Waals surface area contributed by atoms with Crippen LogP contribution in [0.5, 0.6) is 0 Å². The first-order valence-corrected chi connectivity index (χ1v) is 8.32. The van der Waals surface area contributed by atoms with Crippen molar-refractivity contribution >= 4 is 11.6 Å². The molecule has 0 radical (unpaired) electrons. The molecule has 1 aliphatic heterocycles. The van der Waals surface area contributed by atoms with Crippen LogP contribution in [0.4, 0.5) is 4.79 Å². The molecule has 1 atom stereocenters. The molecule has 0 bridgehead atoms. The maximum atomic E-state index is 12.3. The quantitative estimate of drug-likeness (QED) is 0.885. The monoisotopic (exact) mass is 315 g/mol. The summed E-state index contributed by atoms with van der Waals surface area (Å²) < 4.78 is 7.22. The van der Waals surface area contributed by atoms with Gasteiger partial charge in [0.25, 0.3) is 0 Å². The third kappa shape index (κ3) is 2.79. The highest BCUT2D eigenvalue weighted by molar-refractivity contribution is 5.69. The topological polar surface area (TPSA) is 67.1 Å². The van der Waals surface area contributed by atoms with Gasteiger partial charge in [0.1, 0.15) is 0 Å². The minimum Gasteiger partial charge on any atom is -0.415 e. The van der Waals surface area contributed by atoms with Crippen LogP contribution in [-0.4, -0.2) is 38.6 Å². The normalized spacial score (nSPS) is 19.8. The molecule has 1 N–H and O–H groups in total. The summed E-state index contributed by atoms with van der Waals surface area (Å²) in [6, 6.07) is 2.00. The van der Waals surface area contributed by atoms with Crippen LogP contribution in [-0.2, 0) is 4.74 Å². The minimum absolute atomic E-state index is 0.430. The summed E-state index contributed by atoms with van der Waals surface area (Å²) in [6.07, 6.45) is 9.03. The van der Waals surface area contributed by atoms with Crippen molar-refractivity contribution in [3.8, 4) is 0 Å². The summed E-state index contributed by atoms with van der Waals surface area (Å²) >= 11 is 0. The van der Waals surface area contributed by atoms with Gasteiger partial charge < -0.3 is 19.1 Å². The third-order valence-corrected chi connectivity index (χ3v) is 4.76. The highest BCUT2D eigenvalue weighted by atomic mass is 16.6. The average Bonchev–Trinajstić information content (AvgIpc) is 3.31. The molecule has 2 fully saturated rings. The van der Waals surface area contributed by atoms with Crippen molar-refractivity contribution in [2.75, 3.05) is 13.1 Å². The van der Waals surface area contributed by atoms with Gasteiger partial charge in [0.15, 0.2) is 0 Å². The van der Waals surface area contributed by atoms with E-state index in [1.165, 1.54) is 0 Å². The second-order valence-corrected chi connectivity index (χ2v) is 6.43. The molecule has 2 aromatic heterocycles. The zero-order valence-electron chi connectivity index (χ0n) is 13.0. The number of likely N-dealkylation sites (tertiary alicyclic amines) is 1. The van der Waals surface area contributed by atoms with Gasteiger partial charge in [0, 0.05) is 24.8 Å². The number of amides is 1. The fourth-order valence-corrected chi connectivity index (χ4v) is 3.36. The van der Waals surface area contributed by atoms with E-state index >= 15 is 0 Å². The van der Waals surface area contributed by atoms with Crippen molar-refractivity contribution in [1.82, 2.24) is 14.3 Å². The van der Waals surface area contributed by atoms with E-state index in [1.54, 1.807) is 17.4 Å². The number of carbonyl (C=O) groups is 1. The number of aliphatic hydroxyl groups is 1. The SMILES string of the molecule is O=C(OC(O)c1c(C2CC2)ccn2cncc12)N1CCCCC1. The molecule has 0 aromatic carbocycles. The van der Waals surface area contributed by atoms with Crippen LogP contribution in [0.2, 0.25) is 0 Å². The molecule has 6 nitrogen and oxygen atoms in total. The van der Waals surface area contributed by atoms with E-state index in [4.69, 9.17) is 4.74 Å². The van der Waals surface area contributed by atoms with Crippen LogP contribution < -0.4 is 0 Å². The Balaban J connectivity index is 1.60. The maximum Gasteiger partial charge on any atom is 0.412 e. The van der Waals surface area contributed by atoms with Gasteiger partial charge in [-0.25, -0.2) is 9.78 Å². The number of carbonyl (C=O) groups excluding carboxylic acids is 1. The molecule has 6 heteroatoms. The summed E-state index contributed by atoms with van der Waals surface area (Å²) in [5.41, 5.74) is 2.54. The van der Waals surface area contributed by atoms with Gasteiger partial charge in [-0.3, -0.25) is 0 Å². The zero-order chi connectivity index (χ0) is 15.8. The predicted molar refractivity (Wildman–Crippen MR) is 84.0 cm³/mol. The van der Waals surface area contributed by atoms with E-state index in [0.717, 1.165) is 43.2 Å². The first kappa shape index (κ1) is 14.5. The van der Waals surface area contributed by atoms with E-state index in [2.05, 4.69) is 4.98 Å². The molecule has 23 heavy (non-hydrogen) atoms. The van der Waals surface area contributed by atoms with Crippen LogP contribution in [0, 0.1) is 0 Å². The van der Waals surface area contributed by atoms with Crippen LogP contribution >= 0.6 is 0 Å². The standard InChI is InChI=1S/C17H21N3O3/c21-16(23-17(22)19-7-2-1-3-8-19)15-13(12-4-5-12)6-9-20-11-18-10-14(15)20/h6,9-12,16,21H,1-5,7-8H2. The number of hydrogen-bond acceptors (Lipinski definition) is 4. The Morgan fingerprint density at radius 3 is 2.83 bits per heavy atom. The molecule has 2 aromatic rings. The number of hydrogen-bond donors (Lipinski definition) is 1. The van der Waals surface area contributed by atoms with Gasteiger partial charge in [-0.15, -0.1) is 0 Å². The first-order valence-electron chi connectivity index (χ1n) is 8.32. The lowest BCUT2D eigenvalue weighted by Crippen LogP contribution is -2.36. The second kappa shape index (κ2) is 5.85. The van der Waals surface area contributed by atoms with Crippen molar-refractivity contribution in [2.45, 2.75) is 44.3 Å². The summed E-state index contributed by atoms with van der Waals surface area (Å²) in [7, 11) is 0. The number of rotatable bonds is 3. The number of aromatic nitrogens is 2. The number of piperidine rings is 1. The molecular formula is C17H21N3O3. The van der Waals surface area contributed by atoms with E-state index in [9.17, 15) is 9.90 Å². The van der Waals surface area contributed by atoms with Gasteiger partial charge in [-0.05, 0) is 49.7 Å². The van der Waals surface area contributed by atoms with Crippen molar-refractivity contribution in [3.05, 3.63) is 35.9 Å². The van der Waals surface area contributed by atoms with E-state index in [-0.39, 0.29) is 0 Å². The van der Waals surface area contributed by atoms with Crippen molar-refractivity contribution in [2.24, 2.45) is 0 Å². The minimum atomic E-state index is -1.25. The van der Waals surface area contributed by atoms with Crippen LogP contribution in [0.25, 0.3) is 5.52 Å². The molecular weight excluding hydrogens is 294 g/mol. The number of imidazole rings is 1. The number of ether oxygens (including phenoxy) is 1. The van der Waals surface area contributed by atoms with E-state index in [1.807, 2.05) is 16.7 Å². The van der Waals surface area contributed by atoms with Crippen LogP contribution in [0.3, 0.4) is 0 Å². The zero-order valence-corrected chi connectivity index (χ0v) is 13.0. The predicted octanol–water partition coefficient (Wildman–Crippen LogP) is 2.83. The molecule has 1 saturated heterocycles. The molecule has 4 rings (SSSR count). The Bertz CT molecular complexity index is 717. The molecule has 122 valence electrons. The maximum absolute atomic E-state index is 12.3. The van der Waals surface area contributed by atoms with Crippen LogP contribution in [0.1, 0.15) is 55.4 Å². The van der Waals surface area contributed by atoms with E-state index < -0.39 is 12.4 Å². The van der Waals surface area contributed by atoms with Crippen molar-refractivity contribution in [1.29, 1.82) is 0 Å². The highest BCUT2D eigenvalue weighted by Crippen LogP contribution is 2.44. The molecule has 1 aliphatic carbocycles. The Morgan fingerprint density at radius 1 is 1.30 bits per heavy atom. The molecule has 1 unspecified atom stereocenters. The largest absolute Gasteiger partial charge is 0.415 e. The third-order valence-electron chi connectivity index (χ3n) is 4.76. The Morgan fingerprint density at radius 2 is 2.09 bits per heavy atom. The summed E-state index contributed by atoms with van der Waals surface area (Å²) in [5.74, 6) is 0.452. The lowest BCUT2D eigenvalue weighted by Gasteiger charge is -2.27. The highest BCUT2D eigenvalue weighted by Gasteiger charge is 2.31. The number of aliphatic hydroxyl groups excluding tert-OH is 1. The Labute approximate surface area is 134 Å². The Hall–Kier alpha value is -2.08. The fraction of sp³-hybridized carbons (Fsp3) is 0.529. The van der Waals surface area contributed by atoms with E-state index in [0.29, 0.717) is 24.6 Å². The molecule has 1 amide bonds. The summed E-state index contributed by atoms with van der Waals surface area (Å²) in [4.78, 5) is 18.1. The Kier molecular flexibility index (Phi) is 3.69. The van der Waals surface area contributed by atoms with Gasteiger partial charge in [0.05, 0.1) is 18.0 Å². The fourth-order valence-electron chi connectivity index (χ4n) is 3.36. The first-order chi connectivity index (χ1) is 11.2. The van der Waals surface area contributed by atoms with Gasteiger partial charge in [0.2, 0.25) is 6.29 Å². The van der Waals surface area contributed by atoms with Gasteiger partial charge >= 0.3 is 6.09 Å². The van der Waals surface area contributed by atoms with Crippen LogP contribution in [0.15, 0.2) is 24.8 Å². The van der Waals surface area contributed by atoms with Crippen molar-refractivity contribution < 1.29 is 14.6 Å². The summed E-state index contributed by atoms with van der Waals surface area (Å²) in [5, 5.41) is 10.6. The van der Waals surface area contributed by atoms with Gasteiger partial charge in [-0.2, -0.15) is 0 Å². The lowest BCUT2D eigenvalue weighted by atomic mass is 10.0. The number of pyridine rings is 1. The average molecular weight is 315 g/mol. The molecule has 0 spiro atoms. The molecule has 1 saturated carbocycles. The second-order valence-electron chi connectivity index (χ2n) is 6.43.